The molecule has 0 saturated heterocycles. The van der Waals surface area contributed by atoms with Gasteiger partial charge in [0.2, 0.25) is 0 Å². The lowest BCUT2D eigenvalue weighted by Gasteiger charge is -2.15. The quantitative estimate of drug-likeness (QED) is 0.755. The number of hydrogen-bond acceptors (Lipinski definition) is 3. The molecule has 0 radical (unpaired) electrons. The summed E-state index contributed by atoms with van der Waals surface area (Å²) in [7, 11) is 0. The van der Waals surface area contributed by atoms with Crippen molar-refractivity contribution in [2.75, 3.05) is 13.1 Å². The van der Waals surface area contributed by atoms with Gasteiger partial charge in [-0.05, 0) is 44.2 Å². The van der Waals surface area contributed by atoms with Gasteiger partial charge >= 0.3 is 0 Å². The monoisotopic (exact) mass is 249 g/mol. The van der Waals surface area contributed by atoms with E-state index in [-0.39, 0.29) is 13.3 Å². The second-order valence-corrected chi connectivity index (χ2v) is 4.25. The van der Waals surface area contributed by atoms with Crippen molar-refractivity contribution in [3.63, 3.8) is 0 Å². The molecule has 0 spiro atoms. The van der Waals surface area contributed by atoms with E-state index in [4.69, 9.17) is 4.74 Å². The summed E-state index contributed by atoms with van der Waals surface area (Å²) >= 11 is 0. The maximum absolute atomic E-state index is 10.9. The van der Waals surface area contributed by atoms with E-state index in [0.29, 0.717) is 0 Å². The van der Waals surface area contributed by atoms with Gasteiger partial charge in [-0.1, -0.05) is 25.1 Å². The van der Waals surface area contributed by atoms with Crippen molar-refractivity contribution in [3.8, 4) is 5.75 Å². The van der Waals surface area contributed by atoms with E-state index in [9.17, 15) is 4.79 Å². The fourth-order valence-corrected chi connectivity index (χ4v) is 1.53. The van der Waals surface area contributed by atoms with Crippen LogP contribution in [0.25, 0.3) is 6.08 Å². The molecular weight excluding hydrogens is 226 g/mol. The molecule has 3 heteroatoms. The van der Waals surface area contributed by atoms with Crippen LogP contribution in [0.1, 0.15) is 27.8 Å². The Labute approximate surface area is 110 Å². The highest BCUT2D eigenvalue weighted by molar-refractivity contribution is 5.91. The second-order valence-electron chi connectivity index (χ2n) is 4.25. The number of ether oxygens (including phenoxy) is 1. The van der Waals surface area contributed by atoms with Gasteiger partial charge in [0, 0.05) is 7.97 Å². The molecule has 0 aliphatic heterocycles. The molecule has 18 heavy (non-hydrogen) atoms. The van der Waals surface area contributed by atoms with E-state index >= 15 is 0 Å². The number of ketones is 1. The Kier molecular flexibility index (Phi) is 6.15. The minimum atomic E-state index is 0. The number of carbonyl (C=O) groups excluding carboxylic acids is 1. The number of allylic oxidation sites excluding steroid dienone is 1. The molecule has 0 heterocycles. The van der Waals surface area contributed by atoms with Crippen molar-refractivity contribution < 1.29 is 11.0 Å². The summed E-state index contributed by atoms with van der Waals surface area (Å²) in [4.78, 5) is 10.9. The Bertz CT molecular complexity index is 418. The van der Waals surface area contributed by atoms with Crippen molar-refractivity contribution in [3.05, 3.63) is 35.9 Å². The first-order chi connectivity index (χ1) is 8.61. The molecule has 0 aliphatic rings. The van der Waals surface area contributed by atoms with Gasteiger partial charge in [-0.2, -0.15) is 0 Å². The highest BCUT2D eigenvalue weighted by atomic mass is 16.5. The third-order valence-corrected chi connectivity index (χ3v) is 2.39. The average Bonchev–Trinajstić information content (AvgIpc) is 2.34. The maximum Gasteiger partial charge on any atom is 0.152 e. The Morgan fingerprint density at radius 3 is 3.00 bits per heavy atom. The van der Waals surface area contributed by atoms with Gasteiger partial charge in [-0.3, -0.25) is 4.79 Å². The van der Waals surface area contributed by atoms with Gasteiger partial charge in [-0.15, -0.1) is 0 Å². The first-order valence-electron chi connectivity index (χ1n) is 6.28. The van der Waals surface area contributed by atoms with Crippen LogP contribution in [0.5, 0.6) is 5.75 Å². The Morgan fingerprint density at radius 1 is 1.56 bits per heavy atom. The molecule has 1 rings (SSSR count). The van der Waals surface area contributed by atoms with E-state index in [1.807, 2.05) is 31.2 Å². The van der Waals surface area contributed by atoms with Crippen molar-refractivity contribution >= 4 is 11.9 Å². The molecule has 1 aromatic rings. The van der Waals surface area contributed by atoms with E-state index in [1.165, 1.54) is 6.92 Å². The smallest absolute Gasteiger partial charge is 0.152 e. The first-order valence-corrected chi connectivity index (χ1v) is 6.28. The second kappa shape index (κ2) is 7.67. The molecule has 1 atom stereocenters. The predicted molar refractivity (Wildman–Crippen MR) is 76.9 cm³/mol. The highest BCUT2D eigenvalue weighted by Crippen LogP contribution is 2.15. The normalized spacial score (nSPS) is 12.6. The standard InChI is InChI=1S/C15H21NO2.H2/c1-4-16-11-13(3)18-15-7-5-6-14(10-15)9-8-12(2)17;/h5-10,13,16H,4,11H2,1-3H3;1H/b9-8+;/t13-;/m1./s1. The summed E-state index contributed by atoms with van der Waals surface area (Å²) in [6.45, 7) is 7.40. The van der Waals surface area contributed by atoms with E-state index in [0.717, 1.165) is 24.4 Å². The SMILES string of the molecule is CCNC[C@@H](C)Oc1cccc(/C=C/C(C)=O)c1.[HH]. The van der Waals surface area contributed by atoms with Gasteiger partial charge in [0.1, 0.15) is 11.9 Å². The molecule has 0 saturated carbocycles. The fourth-order valence-electron chi connectivity index (χ4n) is 1.53. The summed E-state index contributed by atoms with van der Waals surface area (Å²) in [6.07, 6.45) is 3.47. The van der Waals surface area contributed by atoms with Crippen LogP contribution < -0.4 is 10.1 Å². The van der Waals surface area contributed by atoms with Crippen LogP contribution in [0.3, 0.4) is 0 Å². The summed E-state index contributed by atoms with van der Waals surface area (Å²) in [5, 5.41) is 3.24. The number of rotatable bonds is 7. The van der Waals surface area contributed by atoms with Gasteiger partial charge in [0.15, 0.2) is 5.78 Å². The molecule has 1 N–H and O–H groups in total. The van der Waals surface area contributed by atoms with Crippen molar-refractivity contribution in [2.45, 2.75) is 26.9 Å². The van der Waals surface area contributed by atoms with Crippen LogP contribution in [0.2, 0.25) is 0 Å². The summed E-state index contributed by atoms with van der Waals surface area (Å²) < 4.78 is 5.78. The zero-order valence-electron chi connectivity index (χ0n) is 11.3. The Hall–Kier alpha value is -1.61. The lowest BCUT2D eigenvalue weighted by Crippen LogP contribution is -2.28. The number of carbonyl (C=O) groups is 1. The summed E-state index contributed by atoms with van der Waals surface area (Å²) in [5.41, 5.74) is 0.971. The lowest BCUT2D eigenvalue weighted by atomic mass is 10.2. The van der Waals surface area contributed by atoms with Crippen molar-refractivity contribution in [1.82, 2.24) is 5.32 Å². The van der Waals surface area contributed by atoms with Crippen molar-refractivity contribution in [1.29, 1.82) is 0 Å². The molecule has 1 aromatic carbocycles. The molecule has 100 valence electrons. The minimum absolute atomic E-state index is 0. The van der Waals surface area contributed by atoms with Gasteiger partial charge in [-0.25, -0.2) is 0 Å². The predicted octanol–water partition coefficient (Wildman–Crippen LogP) is 2.91. The lowest BCUT2D eigenvalue weighted by molar-refractivity contribution is -0.112. The number of benzene rings is 1. The topological polar surface area (TPSA) is 38.3 Å². The van der Waals surface area contributed by atoms with E-state index < -0.39 is 0 Å². The first kappa shape index (κ1) is 14.5. The number of nitrogens with one attached hydrogen (secondary N) is 1. The van der Waals surface area contributed by atoms with Crippen LogP contribution in [0, 0.1) is 0 Å². The highest BCUT2D eigenvalue weighted by Gasteiger charge is 2.03. The van der Waals surface area contributed by atoms with Crippen molar-refractivity contribution in [2.24, 2.45) is 0 Å². The van der Waals surface area contributed by atoms with Gasteiger partial charge < -0.3 is 10.1 Å². The molecule has 0 aromatic heterocycles. The fraction of sp³-hybridized carbons (Fsp3) is 0.400. The van der Waals surface area contributed by atoms with Crippen LogP contribution in [-0.4, -0.2) is 25.0 Å². The molecule has 0 bridgehead atoms. The summed E-state index contributed by atoms with van der Waals surface area (Å²) in [6, 6.07) is 7.73. The average molecular weight is 249 g/mol. The summed E-state index contributed by atoms with van der Waals surface area (Å²) in [5.74, 6) is 0.868. The van der Waals surface area contributed by atoms with Crippen LogP contribution in [0.15, 0.2) is 30.3 Å². The Morgan fingerprint density at radius 2 is 2.33 bits per heavy atom. The van der Waals surface area contributed by atoms with Gasteiger partial charge in [0.05, 0.1) is 0 Å². The van der Waals surface area contributed by atoms with E-state index in [2.05, 4.69) is 12.2 Å². The molecular formula is C15H23NO2. The minimum Gasteiger partial charge on any atom is -0.489 e. The van der Waals surface area contributed by atoms with Crippen LogP contribution in [-0.2, 0) is 4.79 Å². The molecule has 0 aliphatic carbocycles. The molecule has 3 nitrogen and oxygen atoms in total. The molecule has 0 fully saturated rings. The third kappa shape index (κ3) is 5.64. The largest absolute Gasteiger partial charge is 0.489 e. The zero-order chi connectivity index (χ0) is 13.4. The van der Waals surface area contributed by atoms with E-state index in [1.54, 1.807) is 12.2 Å². The third-order valence-electron chi connectivity index (χ3n) is 2.39. The maximum atomic E-state index is 10.9. The van der Waals surface area contributed by atoms with Crippen LogP contribution in [0.4, 0.5) is 0 Å². The zero-order valence-corrected chi connectivity index (χ0v) is 11.3. The molecule has 0 amide bonds. The van der Waals surface area contributed by atoms with Crippen LogP contribution >= 0.6 is 0 Å². The Balaban J connectivity index is 0.00000324. The van der Waals surface area contributed by atoms with Gasteiger partial charge in [0.25, 0.3) is 0 Å². The number of likely N-dealkylation sites (N-methyl/N-ethyl adjacent to an activating group) is 1. The number of hydrogen-bond donors (Lipinski definition) is 1. The molecule has 0 unspecified atom stereocenters.